The van der Waals surface area contributed by atoms with E-state index in [1.54, 1.807) is 0 Å². The molecule has 1 heterocycles. The number of carbonyl (C=O) groups is 2. The van der Waals surface area contributed by atoms with Gasteiger partial charge >= 0.3 is 11.9 Å². The zero-order valence-corrected chi connectivity index (χ0v) is 7.81. The molecule has 3 heteroatoms. The molecule has 1 saturated heterocycles. The molecule has 74 valence electrons. The van der Waals surface area contributed by atoms with E-state index in [2.05, 4.69) is 12.2 Å². The van der Waals surface area contributed by atoms with Crippen molar-refractivity contribution in [3.05, 3.63) is 12.2 Å². The van der Waals surface area contributed by atoms with Crippen LogP contribution >= 0.6 is 0 Å². The first-order valence-corrected chi connectivity index (χ1v) is 5.21. The lowest BCUT2D eigenvalue weighted by Crippen LogP contribution is -2.31. The highest BCUT2D eigenvalue weighted by Gasteiger charge is 2.53. The van der Waals surface area contributed by atoms with Gasteiger partial charge in [0.25, 0.3) is 0 Å². The van der Waals surface area contributed by atoms with Crippen molar-refractivity contribution < 1.29 is 14.3 Å². The molecule has 0 spiro atoms. The van der Waals surface area contributed by atoms with Gasteiger partial charge in [-0.1, -0.05) is 18.6 Å². The molecule has 2 fully saturated rings. The van der Waals surface area contributed by atoms with Crippen LogP contribution in [0.2, 0.25) is 0 Å². The molecule has 4 atom stereocenters. The number of ether oxygens (including phenoxy) is 1. The third kappa shape index (κ3) is 0.925. The van der Waals surface area contributed by atoms with E-state index in [0.717, 1.165) is 19.3 Å². The lowest BCUT2D eigenvalue weighted by atomic mass is 9.73. The van der Waals surface area contributed by atoms with Gasteiger partial charge < -0.3 is 4.74 Å². The highest BCUT2D eigenvalue weighted by Crippen LogP contribution is 2.46. The molecule has 0 N–H and O–H groups in total. The summed E-state index contributed by atoms with van der Waals surface area (Å²) in [6, 6.07) is 0. The topological polar surface area (TPSA) is 43.4 Å². The van der Waals surface area contributed by atoms with Gasteiger partial charge in [-0.25, -0.2) is 0 Å². The standard InChI is InChI=1S/C11H12O3/c12-10-8-6-2-1-3-7(5-4-6)9(8)11(13)14-10/h4-9H,1-3H2/t6-,7-,8-,9+/m1/s1. The molecule has 4 rings (SSSR count). The van der Waals surface area contributed by atoms with Gasteiger partial charge in [0.1, 0.15) is 0 Å². The molecule has 1 aliphatic heterocycles. The Morgan fingerprint density at radius 3 is 2.00 bits per heavy atom. The van der Waals surface area contributed by atoms with Gasteiger partial charge in [0, 0.05) is 0 Å². The van der Waals surface area contributed by atoms with Crippen molar-refractivity contribution in [2.24, 2.45) is 23.7 Å². The minimum atomic E-state index is -0.291. The SMILES string of the molecule is O=C1OC(=O)[C@H]2[C@@H]1[C@H]1C=C[C@H]2CCC1. The van der Waals surface area contributed by atoms with Crippen LogP contribution in [0.3, 0.4) is 0 Å². The number of fused-ring (bicyclic) bond motifs is 2. The maximum Gasteiger partial charge on any atom is 0.318 e. The van der Waals surface area contributed by atoms with E-state index >= 15 is 0 Å². The smallest absolute Gasteiger partial charge is 0.318 e. The molecular weight excluding hydrogens is 180 g/mol. The van der Waals surface area contributed by atoms with Crippen LogP contribution in [0, 0.1) is 23.7 Å². The van der Waals surface area contributed by atoms with Crippen LogP contribution in [0.4, 0.5) is 0 Å². The van der Waals surface area contributed by atoms with Crippen LogP contribution in [0.25, 0.3) is 0 Å². The van der Waals surface area contributed by atoms with E-state index in [9.17, 15) is 9.59 Å². The van der Waals surface area contributed by atoms with Crippen LogP contribution in [0.5, 0.6) is 0 Å². The molecule has 3 aliphatic carbocycles. The molecular formula is C11H12O3. The maximum absolute atomic E-state index is 11.5. The second-order valence-corrected chi connectivity index (χ2v) is 4.44. The molecule has 14 heavy (non-hydrogen) atoms. The fourth-order valence-electron chi connectivity index (χ4n) is 3.08. The Labute approximate surface area is 82.1 Å². The second-order valence-electron chi connectivity index (χ2n) is 4.44. The van der Waals surface area contributed by atoms with Crippen molar-refractivity contribution in [3.63, 3.8) is 0 Å². The molecule has 2 bridgehead atoms. The Hall–Kier alpha value is -1.12. The van der Waals surface area contributed by atoms with Crippen molar-refractivity contribution in [2.45, 2.75) is 19.3 Å². The zero-order chi connectivity index (χ0) is 9.71. The quantitative estimate of drug-likeness (QED) is 0.330. The minimum Gasteiger partial charge on any atom is -0.393 e. The van der Waals surface area contributed by atoms with Gasteiger partial charge in [-0.05, 0) is 24.7 Å². The van der Waals surface area contributed by atoms with E-state index in [-0.39, 0.29) is 35.6 Å². The zero-order valence-electron chi connectivity index (χ0n) is 7.81. The van der Waals surface area contributed by atoms with Crippen molar-refractivity contribution in [1.29, 1.82) is 0 Å². The summed E-state index contributed by atoms with van der Waals surface area (Å²) in [5.74, 6) is -0.419. The Balaban J connectivity index is 2.06. The van der Waals surface area contributed by atoms with Gasteiger partial charge in [-0.3, -0.25) is 9.59 Å². The Morgan fingerprint density at radius 2 is 1.50 bits per heavy atom. The van der Waals surface area contributed by atoms with Gasteiger partial charge in [0.15, 0.2) is 0 Å². The van der Waals surface area contributed by atoms with Gasteiger partial charge in [0.2, 0.25) is 0 Å². The van der Waals surface area contributed by atoms with Crippen LogP contribution in [0.1, 0.15) is 19.3 Å². The second kappa shape index (κ2) is 2.69. The number of hydrogen-bond acceptors (Lipinski definition) is 3. The number of cyclic esters (lactones) is 2. The lowest BCUT2D eigenvalue weighted by molar-refractivity contribution is -0.154. The third-order valence-electron chi connectivity index (χ3n) is 3.74. The normalized spacial score (nSPS) is 44.9. The van der Waals surface area contributed by atoms with Gasteiger partial charge in [-0.15, -0.1) is 0 Å². The molecule has 0 amide bonds. The molecule has 4 aliphatic rings. The molecule has 0 radical (unpaired) electrons. The first-order valence-electron chi connectivity index (χ1n) is 5.21. The number of rotatable bonds is 0. The average molecular weight is 192 g/mol. The highest BCUT2D eigenvalue weighted by molar-refractivity contribution is 5.97. The first-order chi connectivity index (χ1) is 6.77. The summed E-state index contributed by atoms with van der Waals surface area (Å²) < 4.78 is 4.73. The minimum absolute atomic E-state index is 0.167. The average Bonchev–Trinajstić information content (AvgIpc) is 2.42. The molecule has 0 unspecified atom stereocenters. The maximum atomic E-state index is 11.5. The van der Waals surface area contributed by atoms with Crippen molar-refractivity contribution in [1.82, 2.24) is 0 Å². The largest absolute Gasteiger partial charge is 0.393 e. The highest BCUT2D eigenvalue weighted by atomic mass is 16.6. The van der Waals surface area contributed by atoms with Gasteiger partial charge in [0.05, 0.1) is 11.8 Å². The van der Waals surface area contributed by atoms with E-state index in [1.807, 2.05) is 0 Å². The predicted octanol–water partition coefficient (Wildman–Crippen LogP) is 1.29. The summed E-state index contributed by atoms with van der Waals surface area (Å²) >= 11 is 0. The fraction of sp³-hybridized carbons (Fsp3) is 0.636. The Bertz CT molecular complexity index is 301. The Morgan fingerprint density at radius 1 is 1.00 bits per heavy atom. The summed E-state index contributed by atoms with van der Waals surface area (Å²) in [5, 5.41) is 0. The Kier molecular flexibility index (Phi) is 1.58. The van der Waals surface area contributed by atoms with Crippen molar-refractivity contribution >= 4 is 11.9 Å². The number of allylic oxidation sites excluding steroid dienone is 2. The van der Waals surface area contributed by atoms with E-state index in [1.165, 1.54) is 0 Å². The van der Waals surface area contributed by atoms with Crippen molar-refractivity contribution in [3.8, 4) is 0 Å². The fourth-order valence-corrected chi connectivity index (χ4v) is 3.08. The van der Waals surface area contributed by atoms with Crippen LogP contribution in [-0.2, 0) is 14.3 Å². The van der Waals surface area contributed by atoms with E-state index < -0.39 is 0 Å². The van der Waals surface area contributed by atoms with Crippen LogP contribution < -0.4 is 0 Å². The molecule has 1 saturated carbocycles. The molecule has 0 aromatic carbocycles. The van der Waals surface area contributed by atoms with E-state index in [4.69, 9.17) is 4.74 Å². The summed E-state index contributed by atoms with van der Waals surface area (Å²) in [6.45, 7) is 0. The van der Waals surface area contributed by atoms with E-state index in [0.29, 0.717) is 0 Å². The number of carbonyl (C=O) groups excluding carboxylic acids is 2. The van der Waals surface area contributed by atoms with Crippen molar-refractivity contribution in [2.75, 3.05) is 0 Å². The summed E-state index contributed by atoms with van der Waals surface area (Å²) in [6.07, 6.45) is 7.39. The summed E-state index contributed by atoms with van der Waals surface area (Å²) in [7, 11) is 0. The summed E-state index contributed by atoms with van der Waals surface area (Å²) in [4.78, 5) is 23.0. The summed E-state index contributed by atoms with van der Waals surface area (Å²) in [5.41, 5.74) is 0. The van der Waals surface area contributed by atoms with Crippen LogP contribution in [-0.4, -0.2) is 11.9 Å². The van der Waals surface area contributed by atoms with Gasteiger partial charge in [-0.2, -0.15) is 0 Å². The monoisotopic (exact) mass is 192 g/mol. The lowest BCUT2D eigenvalue weighted by Gasteiger charge is -2.25. The predicted molar refractivity (Wildman–Crippen MR) is 48.1 cm³/mol. The molecule has 0 aromatic heterocycles. The molecule has 0 aromatic rings. The number of esters is 2. The number of hydrogen-bond donors (Lipinski definition) is 0. The first kappa shape index (κ1) is 8.21. The third-order valence-corrected chi connectivity index (χ3v) is 3.74. The molecule has 3 nitrogen and oxygen atoms in total. The van der Waals surface area contributed by atoms with Crippen LogP contribution in [0.15, 0.2) is 12.2 Å².